The molecule has 1 aliphatic heterocycles. The predicted octanol–water partition coefficient (Wildman–Crippen LogP) is 4.57. The van der Waals surface area contributed by atoms with E-state index in [-0.39, 0.29) is 0 Å². The van der Waals surface area contributed by atoms with Crippen molar-refractivity contribution in [3.63, 3.8) is 0 Å². The molecule has 0 amide bonds. The number of rotatable bonds is 7. The first kappa shape index (κ1) is 21.0. The van der Waals surface area contributed by atoms with E-state index >= 15 is 0 Å². The molecule has 1 atom stereocenters. The van der Waals surface area contributed by atoms with Crippen molar-refractivity contribution in [3.8, 4) is 34.4 Å². The summed E-state index contributed by atoms with van der Waals surface area (Å²) in [6.07, 6.45) is 0.373. The number of methoxy groups -OCH3 is 3. The molecule has 4 rings (SSSR count). The molecule has 0 radical (unpaired) electrons. The Bertz CT molecular complexity index is 1050. The maximum absolute atomic E-state index is 6.37. The lowest BCUT2D eigenvalue weighted by atomic mass is 10.1. The van der Waals surface area contributed by atoms with Gasteiger partial charge in [0.05, 0.1) is 26.9 Å². The van der Waals surface area contributed by atoms with Crippen LogP contribution in [0.5, 0.6) is 23.1 Å². The molecule has 0 spiro atoms. The van der Waals surface area contributed by atoms with Crippen LogP contribution in [-0.2, 0) is 0 Å². The third-order valence-electron chi connectivity index (χ3n) is 4.78. The van der Waals surface area contributed by atoms with E-state index in [1.54, 1.807) is 45.2 Å². The Morgan fingerprint density at radius 3 is 2.45 bits per heavy atom. The maximum atomic E-state index is 6.37. The monoisotopic (exact) mass is 440 g/mol. The molecule has 0 saturated carbocycles. The molecular weight excluding hydrogens is 416 g/mol. The number of benzene rings is 2. The molecule has 2 heterocycles. The Morgan fingerprint density at radius 2 is 1.77 bits per heavy atom. The van der Waals surface area contributed by atoms with Gasteiger partial charge in [-0.05, 0) is 12.5 Å². The van der Waals surface area contributed by atoms with Crippen LogP contribution >= 0.6 is 11.8 Å². The van der Waals surface area contributed by atoms with Gasteiger partial charge in [0.1, 0.15) is 17.2 Å². The van der Waals surface area contributed by atoms with Crippen molar-refractivity contribution >= 4 is 17.4 Å². The average Bonchev–Trinajstić information content (AvgIpc) is 2.97. The molecule has 0 aliphatic carbocycles. The zero-order valence-electron chi connectivity index (χ0n) is 17.8. The topological polar surface area (TPSA) is 87.6 Å². The van der Waals surface area contributed by atoms with Gasteiger partial charge in [0.25, 0.3) is 0 Å². The van der Waals surface area contributed by atoms with Crippen molar-refractivity contribution in [1.29, 1.82) is 0 Å². The summed E-state index contributed by atoms with van der Waals surface area (Å²) < 4.78 is 23.0. The number of anilines is 1. The highest BCUT2D eigenvalue weighted by Crippen LogP contribution is 2.45. The van der Waals surface area contributed by atoms with Crippen LogP contribution in [0.25, 0.3) is 11.3 Å². The number of ether oxygens (including phenoxy) is 4. The lowest BCUT2D eigenvalue weighted by Crippen LogP contribution is -2.19. The van der Waals surface area contributed by atoms with Gasteiger partial charge in [-0.1, -0.05) is 36.9 Å². The standard InChI is InChI=1S/C22H24N4O4S/c1-5-10-31-22-24-21-19(25-26-22)14-8-6-7-9-15(14)23-20(30-21)18-16(28-3)11-13(27-2)12-17(18)29-4/h6-9,11-12,20,23H,5,10H2,1-4H3/t20-/m0/s1. The van der Waals surface area contributed by atoms with E-state index < -0.39 is 6.23 Å². The van der Waals surface area contributed by atoms with Gasteiger partial charge in [0, 0.05) is 29.1 Å². The Balaban J connectivity index is 1.85. The molecule has 0 unspecified atom stereocenters. The van der Waals surface area contributed by atoms with Crippen LogP contribution in [0.4, 0.5) is 5.69 Å². The van der Waals surface area contributed by atoms with Crippen LogP contribution in [0.1, 0.15) is 25.1 Å². The normalized spacial score (nSPS) is 14.4. The van der Waals surface area contributed by atoms with Crippen LogP contribution in [0.15, 0.2) is 41.6 Å². The minimum Gasteiger partial charge on any atom is -0.496 e. The van der Waals surface area contributed by atoms with Gasteiger partial charge < -0.3 is 24.3 Å². The molecule has 8 nitrogen and oxygen atoms in total. The quantitative estimate of drug-likeness (QED) is 0.531. The van der Waals surface area contributed by atoms with Gasteiger partial charge in [-0.25, -0.2) is 0 Å². The Kier molecular flexibility index (Phi) is 6.31. The number of thioether (sulfide) groups is 1. The second kappa shape index (κ2) is 9.30. The number of fused-ring (bicyclic) bond motifs is 3. The highest BCUT2D eigenvalue weighted by Gasteiger charge is 2.30. The molecule has 1 N–H and O–H groups in total. The fourth-order valence-corrected chi connectivity index (χ4v) is 3.96. The number of nitrogens with zero attached hydrogens (tertiary/aromatic N) is 3. The smallest absolute Gasteiger partial charge is 0.247 e. The molecular formula is C22H24N4O4S. The van der Waals surface area contributed by atoms with Gasteiger partial charge in [-0.3, -0.25) is 0 Å². The molecule has 0 fully saturated rings. The van der Waals surface area contributed by atoms with E-state index in [0.29, 0.717) is 39.5 Å². The number of aromatic nitrogens is 3. The fraction of sp³-hybridized carbons (Fsp3) is 0.318. The van der Waals surface area contributed by atoms with Gasteiger partial charge in [0.15, 0.2) is 5.69 Å². The van der Waals surface area contributed by atoms with Crippen LogP contribution in [-0.4, -0.2) is 42.3 Å². The Hall–Kier alpha value is -3.20. The van der Waals surface area contributed by atoms with Crippen molar-refractivity contribution < 1.29 is 18.9 Å². The average molecular weight is 441 g/mol. The van der Waals surface area contributed by atoms with Gasteiger partial charge in [0.2, 0.25) is 17.3 Å². The summed E-state index contributed by atoms with van der Waals surface area (Å²) >= 11 is 1.55. The molecule has 1 aliphatic rings. The second-order valence-electron chi connectivity index (χ2n) is 6.73. The number of hydrogen-bond donors (Lipinski definition) is 1. The molecule has 1 aromatic heterocycles. The summed E-state index contributed by atoms with van der Waals surface area (Å²) in [7, 11) is 4.79. The predicted molar refractivity (Wildman–Crippen MR) is 119 cm³/mol. The molecule has 0 bridgehead atoms. The summed E-state index contributed by atoms with van der Waals surface area (Å²) in [5, 5.41) is 12.7. The van der Waals surface area contributed by atoms with E-state index in [0.717, 1.165) is 23.4 Å². The largest absolute Gasteiger partial charge is 0.496 e. The van der Waals surface area contributed by atoms with Crippen LogP contribution < -0.4 is 24.3 Å². The molecule has 9 heteroatoms. The first-order chi connectivity index (χ1) is 15.2. The highest BCUT2D eigenvalue weighted by molar-refractivity contribution is 7.99. The molecule has 2 aromatic carbocycles. The highest BCUT2D eigenvalue weighted by atomic mass is 32.2. The zero-order valence-corrected chi connectivity index (χ0v) is 18.7. The summed E-state index contributed by atoms with van der Waals surface area (Å²) in [5.41, 5.74) is 2.97. The van der Waals surface area contributed by atoms with Crippen molar-refractivity contribution in [2.24, 2.45) is 0 Å². The molecule has 31 heavy (non-hydrogen) atoms. The van der Waals surface area contributed by atoms with Crippen LogP contribution in [0.2, 0.25) is 0 Å². The van der Waals surface area contributed by atoms with Gasteiger partial charge in [-0.2, -0.15) is 4.98 Å². The van der Waals surface area contributed by atoms with Crippen LogP contribution in [0.3, 0.4) is 0 Å². The van der Waals surface area contributed by atoms with Crippen LogP contribution in [0, 0.1) is 0 Å². The van der Waals surface area contributed by atoms with E-state index in [1.807, 2.05) is 24.3 Å². The van der Waals surface area contributed by atoms with E-state index in [9.17, 15) is 0 Å². The zero-order chi connectivity index (χ0) is 21.8. The number of nitrogens with one attached hydrogen (secondary N) is 1. The molecule has 162 valence electrons. The Morgan fingerprint density at radius 1 is 1.03 bits per heavy atom. The summed E-state index contributed by atoms with van der Waals surface area (Å²) in [5.74, 6) is 3.05. The second-order valence-corrected chi connectivity index (χ2v) is 7.79. The minimum absolute atomic E-state index is 0.399. The van der Waals surface area contributed by atoms with Crippen molar-refractivity contribution in [2.75, 3.05) is 32.4 Å². The first-order valence-electron chi connectivity index (χ1n) is 9.88. The third kappa shape index (κ3) is 4.18. The Labute approximate surface area is 185 Å². The van der Waals surface area contributed by atoms with Crippen molar-refractivity contribution in [3.05, 3.63) is 42.0 Å². The third-order valence-corrected chi connectivity index (χ3v) is 5.83. The summed E-state index contributed by atoms with van der Waals surface area (Å²) in [4.78, 5) is 4.65. The molecule has 3 aromatic rings. The van der Waals surface area contributed by atoms with E-state index in [2.05, 4.69) is 27.4 Å². The maximum Gasteiger partial charge on any atom is 0.247 e. The van der Waals surface area contributed by atoms with E-state index in [4.69, 9.17) is 18.9 Å². The van der Waals surface area contributed by atoms with Crippen molar-refractivity contribution in [1.82, 2.24) is 15.2 Å². The van der Waals surface area contributed by atoms with Gasteiger partial charge >= 0.3 is 0 Å². The summed E-state index contributed by atoms with van der Waals surface area (Å²) in [6.45, 7) is 2.11. The first-order valence-corrected chi connectivity index (χ1v) is 10.9. The molecule has 0 saturated heterocycles. The SMILES string of the molecule is CCCSc1nnc2c(n1)O[C@@H](c1c(OC)cc(OC)cc1OC)Nc1ccccc1-2. The lowest BCUT2D eigenvalue weighted by molar-refractivity contribution is 0.213. The number of hydrogen-bond acceptors (Lipinski definition) is 9. The van der Waals surface area contributed by atoms with Crippen molar-refractivity contribution in [2.45, 2.75) is 24.7 Å². The van der Waals surface area contributed by atoms with E-state index in [1.165, 1.54) is 0 Å². The number of para-hydroxylation sites is 1. The van der Waals surface area contributed by atoms with Gasteiger partial charge in [-0.15, -0.1) is 10.2 Å². The summed E-state index contributed by atoms with van der Waals surface area (Å²) in [6, 6.07) is 11.4. The minimum atomic E-state index is -0.640. The lowest BCUT2D eigenvalue weighted by Gasteiger charge is -2.23. The fourth-order valence-electron chi connectivity index (χ4n) is 3.32.